The van der Waals surface area contributed by atoms with Crippen LogP contribution in [0.15, 0.2) is 12.3 Å². The Morgan fingerprint density at radius 1 is 1.56 bits per heavy atom. The van der Waals surface area contributed by atoms with Crippen molar-refractivity contribution in [1.29, 1.82) is 0 Å². The minimum atomic E-state index is -4.45. The first-order chi connectivity index (χ1) is 8.28. The minimum Gasteiger partial charge on any atom is -0.397 e. The van der Waals surface area contributed by atoms with Gasteiger partial charge in [0.1, 0.15) is 19.0 Å². The number of hydrogen-bond acceptors (Lipinski definition) is 4. The molecule has 0 aromatic carbocycles. The Morgan fingerprint density at radius 3 is 2.78 bits per heavy atom. The van der Waals surface area contributed by atoms with Crippen molar-refractivity contribution < 1.29 is 22.7 Å². The molecule has 0 aliphatic rings. The van der Waals surface area contributed by atoms with E-state index in [0.717, 1.165) is 0 Å². The number of halogens is 3. The molecule has 8 heteroatoms. The van der Waals surface area contributed by atoms with Gasteiger partial charge in [-0.1, -0.05) is 0 Å². The number of hydrogen-bond donors (Lipinski definition) is 2. The predicted molar refractivity (Wildman–Crippen MR) is 58.9 cm³/mol. The Morgan fingerprint density at radius 2 is 2.22 bits per heavy atom. The van der Waals surface area contributed by atoms with Gasteiger partial charge in [0.05, 0.1) is 11.9 Å². The topological polar surface area (TPSA) is 77.2 Å². The molecule has 1 amide bonds. The molecule has 0 bridgehead atoms. The molecule has 1 aromatic heterocycles. The van der Waals surface area contributed by atoms with Gasteiger partial charge in [0.2, 0.25) is 0 Å². The monoisotopic (exact) mass is 263 g/mol. The molecule has 0 aliphatic carbocycles. The number of pyridine rings is 1. The first kappa shape index (κ1) is 14.2. The third-order valence-electron chi connectivity index (χ3n) is 1.92. The van der Waals surface area contributed by atoms with Gasteiger partial charge in [0, 0.05) is 0 Å². The number of alkyl halides is 3. The Hall–Kier alpha value is -1.83. The van der Waals surface area contributed by atoms with E-state index in [0.29, 0.717) is 11.3 Å². The molecule has 18 heavy (non-hydrogen) atoms. The fraction of sp³-hybridized carbons (Fsp3) is 0.400. The van der Waals surface area contributed by atoms with Crippen molar-refractivity contribution in [3.8, 4) is 0 Å². The van der Waals surface area contributed by atoms with Crippen molar-refractivity contribution in [1.82, 2.24) is 4.98 Å². The van der Waals surface area contributed by atoms with Gasteiger partial charge < -0.3 is 15.8 Å². The molecule has 0 aliphatic heterocycles. The van der Waals surface area contributed by atoms with Gasteiger partial charge in [-0.15, -0.1) is 0 Å². The highest BCUT2D eigenvalue weighted by molar-refractivity contribution is 5.90. The van der Waals surface area contributed by atoms with Crippen LogP contribution in [0, 0.1) is 6.92 Å². The molecule has 3 N–H and O–H groups in total. The smallest absolute Gasteiger partial charge is 0.397 e. The van der Waals surface area contributed by atoms with E-state index in [1.165, 1.54) is 12.3 Å². The number of nitrogen functional groups attached to an aromatic ring is 1. The first-order valence-electron chi connectivity index (χ1n) is 4.94. The lowest BCUT2D eigenvalue weighted by molar-refractivity contribution is -0.174. The number of amides is 1. The van der Waals surface area contributed by atoms with E-state index >= 15 is 0 Å². The molecule has 1 aromatic rings. The summed E-state index contributed by atoms with van der Waals surface area (Å²) in [5, 5.41) is 2.30. The fourth-order valence-corrected chi connectivity index (χ4v) is 1.07. The maximum absolute atomic E-state index is 11.7. The highest BCUT2D eigenvalue weighted by Gasteiger charge is 2.27. The highest BCUT2D eigenvalue weighted by atomic mass is 19.4. The number of carbonyl (C=O) groups is 1. The first-order valence-corrected chi connectivity index (χ1v) is 4.94. The predicted octanol–water partition coefficient (Wildman–Crippen LogP) is 1.49. The second-order valence-electron chi connectivity index (χ2n) is 3.58. The molecular formula is C10H12F3N3O2. The Kier molecular flexibility index (Phi) is 4.49. The highest BCUT2D eigenvalue weighted by Crippen LogP contribution is 2.15. The van der Waals surface area contributed by atoms with Crippen LogP contribution in [0.3, 0.4) is 0 Å². The summed E-state index contributed by atoms with van der Waals surface area (Å²) in [6.45, 7) is -0.438. The van der Waals surface area contributed by atoms with E-state index in [1.54, 1.807) is 6.92 Å². The summed E-state index contributed by atoms with van der Waals surface area (Å²) in [4.78, 5) is 15.0. The van der Waals surface area contributed by atoms with Crippen molar-refractivity contribution in [2.24, 2.45) is 0 Å². The SMILES string of the molecule is Cc1cc(NC(=O)COCC(F)(F)F)ncc1N. The summed E-state index contributed by atoms with van der Waals surface area (Å²) < 4.78 is 39.4. The van der Waals surface area contributed by atoms with E-state index in [9.17, 15) is 18.0 Å². The summed E-state index contributed by atoms with van der Waals surface area (Å²) in [7, 11) is 0. The molecule has 0 unspecified atom stereocenters. The normalized spacial score (nSPS) is 11.3. The van der Waals surface area contributed by atoms with E-state index in [-0.39, 0.29) is 5.82 Å². The lowest BCUT2D eigenvalue weighted by atomic mass is 10.2. The zero-order chi connectivity index (χ0) is 13.8. The van der Waals surface area contributed by atoms with E-state index in [1.807, 2.05) is 0 Å². The molecule has 0 spiro atoms. The molecule has 0 saturated heterocycles. The summed E-state index contributed by atoms with van der Waals surface area (Å²) in [6.07, 6.45) is -3.10. The van der Waals surface area contributed by atoms with Crippen molar-refractivity contribution in [3.63, 3.8) is 0 Å². The van der Waals surface area contributed by atoms with Crippen LogP contribution in [0.4, 0.5) is 24.7 Å². The molecule has 5 nitrogen and oxygen atoms in total. The van der Waals surface area contributed by atoms with Crippen LogP contribution in [0.5, 0.6) is 0 Å². The van der Waals surface area contributed by atoms with Crippen LogP contribution in [0.25, 0.3) is 0 Å². The van der Waals surface area contributed by atoms with Crippen LogP contribution < -0.4 is 11.1 Å². The van der Waals surface area contributed by atoms with Gasteiger partial charge in [-0.25, -0.2) is 4.98 Å². The van der Waals surface area contributed by atoms with Crippen molar-refractivity contribution in [3.05, 3.63) is 17.8 Å². The molecule has 1 rings (SSSR count). The molecule has 1 heterocycles. The van der Waals surface area contributed by atoms with Gasteiger partial charge >= 0.3 is 6.18 Å². The number of aryl methyl sites for hydroxylation is 1. The molecule has 0 atom stereocenters. The van der Waals surface area contributed by atoms with Crippen LogP contribution in [0.1, 0.15) is 5.56 Å². The molecular weight excluding hydrogens is 251 g/mol. The van der Waals surface area contributed by atoms with Crippen molar-refractivity contribution >= 4 is 17.4 Å². The largest absolute Gasteiger partial charge is 0.411 e. The zero-order valence-electron chi connectivity index (χ0n) is 9.54. The number of aromatic nitrogens is 1. The summed E-state index contributed by atoms with van der Waals surface area (Å²) in [5.41, 5.74) is 6.69. The average molecular weight is 263 g/mol. The number of anilines is 2. The maximum Gasteiger partial charge on any atom is 0.411 e. The Balaban J connectivity index is 2.42. The number of nitrogens with two attached hydrogens (primary N) is 1. The second-order valence-corrected chi connectivity index (χ2v) is 3.58. The number of nitrogens with zero attached hydrogens (tertiary/aromatic N) is 1. The third-order valence-corrected chi connectivity index (χ3v) is 1.92. The van der Waals surface area contributed by atoms with E-state index in [2.05, 4.69) is 15.0 Å². The molecule has 0 fully saturated rings. The fourth-order valence-electron chi connectivity index (χ4n) is 1.07. The number of carbonyl (C=O) groups excluding carboxylic acids is 1. The molecule has 100 valence electrons. The van der Waals surface area contributed by atoms with Crippen LogP contribution in [0.2, 0.25) is 0 Å². The van der Waals surface area contributed by atoms with Crippen molar-refractivity contribution in [2.75, 3.05) is 24.3 Å². The minimum absolute atomic E-state index is 0.210. The van der Waals surface area contributed by atoms with Gasteiger partial charge in [-0.3, -0.25) is 4.79 Å². The summed E-state index contributed by atoms with van der Waals surface area (Å²) in [5.74, 6) is -0.502. The standard InChI is InChI=1S/C10H12F3N3O2/c1-6-2-8(15-3-7(6)14)16-9(17)4-18-5-10(11,12)13/h2-3H,4-5,14H2,1H3,(H,15,16,17). The molecule has 0 saturated carbocycles. The van der Waals surface area contributed by atoms with Crippen molar-refractivity contribution in [2.45, 2.75) is 13.1 Å². The zero-order valence-corrected chi connectivity index (χ0v) is 9.54. The van der Waals surface area contributed by atoms with Gasteiger partial charge in [0.25, 0.3) is 5.91 Å². The Bertz CT molecular complexity index is 435. The van der Waals surface area contributed by atoms with Crippen LogP contribution >= 0.6 is 0 Å². The van der Waals surface area contributed by atoms with E-state index in [4.69, 9.17) is 5.73 Å². The van der Waals surface area contributed by atoms with Crippen LogP contribution in [-0.4, -0.2) is 30.3 Å². The van der Waals surface area contributed by atoms with Crippen LogP contribution in [-0.2, 0) is 9.53 Å². The third kappa shape index (κ3) is 5.00. The number of ether oxygens (including phenoxy) is 1. The van der Waals surface area contributed by atoms with Gasteiger partial charge in [-0.2, -0.15) is 13.2 Å². The summed E-state index contributed by atoms with van der Waals surface area (Å²) >= 11 is 0. The summed E-state index contributed by atoms with van der Waals surface area (Å²) in [6, 6.07) is 1.51. The maximum atomic E-state index is 11.7. The quantitative estimate of drug-likeness (QED) is 0.862. The van der Waals surface area contributed by atoms with E-state index < -0.39 is 25.3 Å². The van der Waals surface area contributed by atoms with Gasteiger partial charge in [-0.05, 0) is 18.6 Å². The lowest BCUT2D eigenvalue weighted by Crippen LogP contribution is -2.24. The average Bonchev–Trinajstić information content (AvgIpc) is 2.21. The van der Waals surface area contributed by atoms with Gasteiger partial charge in [0.15, 0.2) is 0 Å². The number of nitrogens with one attached hydrogen (secondary N) is 1. The molecule has 0 radical (unpaired) electrons. The second kappa shape index (κ2) is 5.67. The Labute approximate surface area is 101 Å². The lowest BCUT2D eigenvalue weighted by Gasteiger charge is -2.08. The number of rotatable bonds is 4.